The fraction of sp³-hybridized carbons (Fsp3) is 0.778. The number of hydrogen-bond acceptors (Lipinski definition) is 4. The summed E-state index contributed by atoms with van der Waals surface area (Å²) in [5.74, 6) is -5.10. The zero-order valence-electron chi connectivity index (χ0n) is 16.0. The Morgan fingerprint density at radius 1 is 0.923 bits per heavy atom. The highest BCUT2D eigenvalue weighted by atomic mass is 16.4. The normalized spacial score (nSPS) is 13.1. The van der Waals surface area contributed by atoms with Gasteiger partial charge in [0.25, 0.3) is 0 Å². The van der Waals surface area contributed by atoms with Gasteiger partial charge in [-0.2, -0.15) is 0 Å². The van der Waals surface area contributed by atoms with E-state index >= 15 is 0 Å². The summed E-state index contributed by atoms with van der Waals surface area (Å²) in [6.07, 6.45) is 2.50. The standard InChI is InChI=1S/C18H31NO7/c1-5-13(10-8-9-11-14(21)22)17(6-2,7-3)18(15(23)24,16(25)26)19-12(4)20/h13H,5-11H2,1-4H3,(H,19,20)(H,21,22)(H,23,24)(H,25,26). The van der Waals surface area contributed by atoms with Crippen molar-refractivity contribution in [2.45, 2.75) is 78.2 Å². The number of unbranched alkanes of at least 4 members (excludes halogenated alkanes) is 1. The lowest BCUT2D eigenvalue weighted by Crippen LogP contribution is -2.71. The summed E-state index contributed by atoms with van der Waals surface area (Å²) >= 11 is 0. The second kappa shape index (κ2) is 10.1. The Labute approximate surface area is 154 Å². The first-order chi connectivity index (χ1) is 12.0. The Hall–Kier alpha value is -2.12. The predicted octanol–water partition coefficient (Wildman–Crippen LogP) is 2.51. The third kappa shape index (κ3) is 4.74. The molecule has 1 amide bonds. The van der Waals surface area contributed by atoms with E-state index in [-0.39, 0.29) is 25.2 Å². The highest BCUT2D eigenvalue weighted by Crippen LogP contribution is 2.49. The number of nitrogens with one attached hydrogen (secondary N) is 1. The minimum Gasteiger partial charge on any atom is -0.481 e. The molecule has 0 aromatic rings. The molecule has 8 heteroatoms. The van der Waals surface area contributed by atoms with Gasteiger partial charge >= 0.3 is 17.9 Å². The van der Waals surface area contributed by atoms with E-state index < -0.39 is 34.8 Å². The molecule has 0 aliphatic carbocycles. The van der Waals surface area contributed by atoms with Crippen molar-refractivity contribution in [3.05, 3.63) is 0 Å². The third-order valence-electron chi connectivity index (χ3n) is 5.48. The van der Waals surface area contributed by atoms with Gasteiger partial charge in [-0.3, -0.25) is 9.59 Å². The number of carbonyl (C=O) groups excluding carboxylic acids is 1. The smallest absolute Gasteiger partial charge is 0.341 e. The molecule has 1 atom stereocenters. The van der Waals surface area contributed by atoms with Crippen LogP contribution in [0.1, 0.15) is 72.6 Å². The van der Waals surface area contributed by atoms with Gasteiger partial charge in [-0.1, -0.05) is 33.6 Å². The molecule has 0 aliphatic rings. The number of carbonyl (C=O) groups is 4. The van der Waals surface area contributed by atoms with E-state index in [9.17, 15) is 29.4 Å². The van der Waals surface area contributed by atoms with E-state index in [0.717, 1.165) is 6.92 Å². The second-order valence-electron chi connectivity index (χ2n) is 6.65. The van der Waals surface area contributed by atoms with E-state index in [1.165, 1.54) is 0 Å². The summed E-state index contributed by atoms with van der Waals surface area (Å²) in [4.78, 5) is 46.6. The lowest BCUT2D eigenvalue weighted by molar-refractivity contribution is -0.174. The molecule has 4 N–H and O–H groups in total. The first-order valence-electron chi connectivity index (χ1n) is 9.02. The fourth-order valence-electron chi connectivity index (χ4n) is 4.21. The van der Waals surface area contributed by atoms with Crippen molar-refractivity contribution in [2.24, 2.45) is 11.3 Å². The molecular weight excluding hydrogens is 342 g/mol. The van der Waals surface area contributed by atoms with Crippen molar-refractivity contribution in [3.63, 3.8) is 0 Å². The van der Waals surface area contributed by atoms with E-state index in [4.69, 9.17) is 5.11 Å². The van der Waals surface area contributed by atoms with Gasteiger partial charge in [0.05, 0.1) is 0 Å². The molecule has 0 spiro atoms. The monoisotopic (exact) mass is 373 g/mol. The zero-order valence-corrected chi connectivity index (χ0v) is 16.0. The van der Waals surface area contributed by atoms with Crippen molar-refractivity contribution >= 4 is 23.8 Å². The topological polar surface area (TPSA) is 141 Å². The van der Waals surface area contributed by atoms with Gasteiger partial charge in [-0.05, 0) is 31.6 Å². The molecule has 0 rings (SSSR count). The molecular formula is C18H31NO7. The molecule has 150 valence electrons. The molecule has 0 saturated carbocycles. The van der Waals surface area contributed by atoms with Crippen molar-refractivity contribution < 1.29 is 34.5 Å². The highest BCUT2D eigenvalue weighted by molar-refractivity contribution is 6.07. The van der Waals surface area contributed by atoms with Crippen LogP contribution in [0.3, 0.4) is 0 Å². The van der Waals surface area contributed by atoms with Crippen LogP contribution in [0.15, 0.2) is 0 Å². The van der Waals surface area contributed by atoms with Crippen LogP contribution in [0.4, 0.5) is 0 Å². The quantitative estimate of drug-likeness (QED) is 0.287. The Bertz CT molecular complexity index is 512. The third-order valence-corrected chi connectivity index (χ3v) is 5.48. The van der Waals surface area contributed by atoms with Gasteiger partial charge < -0.3 is 20.6 Å². The van der Waals surface area contributed by atoms with Crippen LogP contribution < -0.4 is 5.32 Å². The van der Waals surface area contributed by atoms with Crippen molar-refractivity contribution in [1.82, 2.24) is 5.32 Å². The maximum atomic E-state index is 12.1. The Balaban J connectivity index is 6.07. The lowest BCUT2D eigenvalue weighted by atomic mass is 9.56. The number of aliphatic carboxylic acids is 3. The van der Waals surface area contributed by atoms with Gasteiger partial charge in [-0.15, -0.1) is 0 Å². The van der Waals surface area contributed by atoms with Crippen LogP contribution in [0.5, 0.6) is 0 Å². The Morgan fingerprint density at radius 2 is 1.42 bits per heavy atom. The summed E-state index contributed by atoms with van der Waals surface area (Å²) < 4.78 is 0. The van der Waals surface area contributed by atoms with Crippen LogP contribution in [-0.4, -0.2) is 44.7 Å². The van der Waals surface area contributed by atoms with E-state index in [1.807, 2.05) is 6.92 Å². The molecule has 0 radical (unpaired) electrons. The predicted molar refractivity (Wildman–Crippen MR) is 94.7 cm³/mol. The van der Waals surface area contributed by atoms with Crippen molar-refractivity contribution in [1.29, 1.82) is 0 Å². The average Bonchev–Trinajstić information content (AvgIpc) is 2.55. The minimum atomic E-state index is -2.43. The molecule has 0 heterocycles. The molecule has 1 unspecified atom stereocenters. The van der Waals surface area contributed by atoms with Gasteiger partial charge in [0.2, 0.25) is 11.4 Å². The number of carboxylic acid groups (broad SMARTS) is 3. The van der Waals surface area contributed by atoms with Gasteiger partial charge in [-0.25, -0.2) is 9.59 Å². The number of amides is 1. The summed E-state index contributed by atoms with van der Waals surface area (Å²) in [7, 11) is 0. The van der Waals surface area contributed by atoms with Crippen LogP contribution in [-0.2, 0) is 19.2 Å². The largest absolute Gasteiger partial charge is 0.481 e. The molecule has 26 heavy (non-hydrogen) atoms. The molecule has 0 saturated heterocycles. The summed E-state index contributed by atoms with van der Waals surface area (Å²) in [5, 5.41) is 30.7. The van der Waals surface area contributed by atoms with Crippen molar-refractivity contribution in [2.75, 3.05) is 0 Å². The first-order valence-corrected chi connectivity index (χ1v) is 9.02. The minimum absolute atomic E-state index is 0.0103. The molecule has 0 aliphatic heterocycles. The van der Waals surface area contributed by atoms with Gasteiger partial charge in [0.15, 0.2) is 0 Å². The molecule has 8 nitrogen and oxygen atoms in total. The maximum absolute atomic E-state index is 12.1. The second-order valence-corrected chi connectivity index (χ2v) is 6.65. The average molecular weight is 373 g/mol. The summed E-state index contributed by atoms with van der Waals surface area (Å²) in [5.41, 5.74) is -3.63. The first kappa shape index (κ1) is 23.9. The van der Waals surface area contributed by atoms with E-state index in [0.29, 0.717) is 25.7 Å². The Kier molecular flexibility index (Phi) is 9.31. The number of carboxylic acids is 3. The summed E-state index contributed by atoms with van der Waals surface area (Å²) in [6, 6.07) is 0. The highest BCUT2D eigenvalue weighted by Gasteiger charge is 2.63. The lowest BCUT2D eigenvalue weighted by Gasteiger charge is -2.49. The fourth-order valence-corrected chi connectivity index (χ4v) is 4.21. The molecule has 0 fully saturated rings. The molecule has 0 aromatic heterocycles. The van der Waals surface area contributed by atoms with Crippen LogP contribution in [0, 0.1) is 11.3 Å². The van der Waals surface area contributed by atoms with Crippen molar-refractivity contribution in [3.8, 4) is 0 Å². The molecule has 0 aromatic carbocycles. The SMILES string of the molecule is CCC(CCCCC(=O)O)C(CC)(CC)C(NC(C)=O)(C(=O)O)C(=O)O. The van der Waals surface area contributed by atoms with Crippen LogP contribution >= 0.6 is 0 Å². The maximum Gasteiger partial charge on any atom is 0.341 e. The Morgan fingerprint density at radius 3 is 1.73 bits per heavy atom. The zero-order chi connectivity index (χ0) is 20.5. The van der Waals surface area contributed by atoms with Gasteiger partial charge in [0, 0.05) is 18.8 Å². The number of rotatable bonds is 13. The number of hydrogen-bond donors (Lipinski definition) is 4. The van der Waals surface area contributed by atoms with E-state index in [1.54, 1.807) is 13.8 Å². The van der Waals surface area contributed by atoms with Crippen LogP contribution in [0.2, 0.25) is 0 Å². The molecule has 0 bridgehead atoms. The van der Waals surface area contributed by atoms with E-state index in [2.05, 4.69) is 5.32 Å². The van der Waals surface area contributed by atoms with Crippen LogP contribution in [0.25, 0.3) is 0 Å². The van der Waals surface area contributed by atoms with Gasteiger partial charge in [0.1, 0.15) is 0 Å². The summed E-state index contributed by atoms with van der Waals surface area (Å²) in [6.45, 7) is 6.41.